The zero-order valence-corrected chi connectivity index (χ0v) is 9.17. The molecule has 1 heterocycles. The van der Waals surface area contributed by atoms with Gasteiger partial charge >= 0.3 is 4.34 Å². The predicted molar refractivity (Wildman–Crippen MR) is 57.0 cm³/mol. The van der Waals surface area contributed by atoms with Crippen molar-refractivity contribution >= 4 is 44.3 Å². The lowest BCUT2D eigenvalue weighted by atomic mass is 10.3. The van der Waals surface area contributed by atoms with Gasteiger partial charge < -0.3 is 4.55 Å². The number of nitrogens with zero attached hydrogens (tertiary/aromatic N) is 1. The quantitative estimate of drug-likeness (QED) is 0.708. The molecule has 0 saturated carbocycles. The van der Waals surface area contributed by atoms with E-state index in [0.29, 0.717) is 9.36 Å². The Morgan fingerprint density at radius 1 is 1.54 bits per heavy atom. The van der Waals surface area contributed by atoms with Crippen molar-refractivity contribution in [3.63, 3.8) is 0 Å². The number of hydrogen-bond acceptors (Lipinski definition) is 3. The first kappa shape index (κ1) is 9.27. The van der Waals surface area contributed by atoms with E-state index in [0.717, 1.165) is 10.2 Å². The first-order chi connectivity index (χ1) is 6.18. The van der Waals surface area contributed by atoms with Crippen molar-refractivity contribution in [1.82, 2.24) is 4.98 Å². The molecule has 0 radical (unpaired) electrons. The van der Waals surface area contributed by atoms with Crippen molar-refractivity contribution in [3.05, 3.63) is 23.2 Å². The van der Waals surface area contributed by atoms with Gasteiger partial charge in [0.05, 0.1) is 15.2 Å². The molecule has 13 heavy (non-hydrogen) atoms. The fourth-order valence-electron chi connectivity index (χ4n) is 1.02. The Labute approximate surface area is 87.7 Å². The van der Waals surface area contributed by atoms with Crippen LogP contribution >= 0.6 is 22.9 Å². The van der Waals surface area contributed by atoms with Crippen molar-refractivity contribution in [3.8, 4) is 0 Å². The molecule has 1 unspecified atom stereocenters. The largest absolute Gasteiger partial charge is 0.610 e. The third-order valence-electron chi connectivity index (χ3n) is 1.59. The molecule has 2 nitrogen and oxygen atoms in total. The van der Waals surface area contributed by atoms with E-state index >= 15 is 0 Å². The molecule has 1 aromatic heterocycles. The fraction of sp³-hybridized carbons (Fsp3) is 0.125. The highest BCUT2D eigenvalue weighted by Gasteiger charge is 2.13. The van der Waals surface area contributed by atoms with Crippen LogP contribution in [0.15, 0.2) is 22.5 Å². The molecule has 0 aliphatic rings. The molecule has 0 spiro atoms. The van der Waals surface area contributed by atoms with Crippen molar-refractivity contribution in [1.29, 1.82) is 0 Å². The van der Waals surface area contributed by atoms with Crippen molar-refractivity contribution in [2.24, 2.45) is 0 Å². The Morgan fingerprint density at radius 3 is 2.92 bits per heavy atom. The third kappa shape index (κ3) is 1.67. The first-order valence-corrected chi connectivity index (χ1v) is 6.32. The second kappa shape index (κ2) is 3.46. The highest BCUT2D eigenvalue weighted by Crippen LogP contribution is 2.30. The molecule has 1 atom stereocenters. The second-order valence-electron chi connectivity index (χ2n) is 2.52. The Morgan fingerprint density at radius 2 is 2.31 bits per heavy atom. The molecule has 5 heteroatoms. The second-order valence-corrected chi connectivity index (χ2v) is 5.48. The molecule has 0 saturated heterocycles. The predicted octanol–water partition coefficient (Wildman–Crippen LogP) is 2.69. The first-order valence-electron chi connectivity index (χ1n) is 3.57. The molecule has 2 aromatic rings. The minimum absolute atomic E-state index is 0.628. The van der Waals surface area contributed by atoms with Gasteiger partial charge in [0.15, 0.2) is 0 Å². The zero-order valence-electron chi connectivity index (χ0n) is 6.78. The van der Waals surface area contributed by atoms with Crippen LogP contribution in [0.3, 0.4) is 0 Å². The van der Waals surface area contributed by atoms with E-state index in [1.54, 1.807) is 6.26 Å². The molecule has 0 bridgehead atoms. The Kier molecular flexibility index (Phi) is 2.47. The van der Waals surface area contributed by atoms with E-state index in [2.05, 4.69) is 4.98 Å². The van der Waals surface area contributed by atoms with Crippen LogP contribution in [0.5, 0.6) is 0 Å². The average molecular weight is 232 g/mol. The topological polar surface area (TPSA) is 36.0 Å². The van der Waals surface area contributed by atoms with Gasteiger partial charge in [0, 0.05) is 11.2 Å². The SMILES string of the molecule is C[S+]([O-])c1nc2cccc(Cl)c2s1. The van der Waals surface area contributed by atoms with Crippen LogP contribution in [0.4, 0.5) is 0 Å². The van der Waals surface area contributed by atoms with Crippen LogP contribution in [-0.4, -0.2) is 15.8 Å². The maximum atomic E-state index is 11.1. The molecule has 0 fully saturated rings. The highest BCUT2D eigenvalue weighted by atomic mass is 35.5. The molecule has 0 aliphatic carbocycles. The normalized spacial score (nSPS) is 13.5. The number of halogens is 1. The van der Waals surface area contributed by atoms with Gasteiger partial charge in [-0.15, -0.1) is 0 Å². The number of benzene rings is 1. The maximum absolute atomic E-state index is 11.1. The summed E-state index contributed by atoms with van der Waals surface area (Å²) in [6.45, 7) is 0. The van der Waals surface area contributed by atoms with Crippen LogP contribution in [-0.2, 0) is 11.2 Å². The van der Waals surface area contributed by atoms with Gasteiger partial charge in [0.2, 0.25) is 0 Å². The molecular formula is C8H6ClNOS2. The van der Waals surface area contributed by atoms with E-state index < -0.39 is 11.2 Å². The van der Waals surface area contributed by atoms with Crippen LogP contribution in [0, 0.1) is 0 Å². The standard InChI is InChI=1S/C8H6ClNOS2/c1-13(11)8-10-6-4-2-3-5(9)7(6)12-8/h2-4H,1H3. The smallest absolute Gasteiger partial charge is 0.302 e. The number of fused-ring (bicyclic) bond motifs is 1. The summed E-state index contributed by atoms with van der Waals surface area (Å²) >= 11 is 6.31. The monoisotopic (exact) mass is 231 g/mol. The van der Waals surface area contributed by atoms with Crippen molar-refractivity contribution in [2.45, 2.75) is 4.34 Å². The summed E-state index contributed by atoms with van der Waals surface area (Å²) in [5.74, 6) is 0. The fourth-order valence-corrected chi connectivity index (χ4v) is 2.95. The zero-order chi connectivity index (χ0) is 9.42. The van der Waals surface area contributed by atoms with E-state index in [-0.39, 0.29) is 0 Å². The van der Waals surface area contributed by atoms with E-state index in [9.17, 15) is 4.55 Å². The summed E-state index contributed by atoms with van der Waals surface area (Å²) in [5, 5.41) is 0.673. The van der Waals surface area contributed by atoms with Gasteiger partial charge in [-0.05, 0) is 12.1 Å². The minimum Gasteiger partial charge on any atom is -0.610 e. The van der Waals surface area contributed by atoms with Gasteiger partial charge in [-0.2, -0.15) is 4.98 Å². The van der Waals surface area contributed by atoms with E-state index in [4.69, 9.17) is 11.6 Å². The molecule has 0 amide bonds. The Balaban J connectivity index is 2.68. The summed E-state index contributed by atoms with van der Waals surface area (Å²) in [7, 11) is 0. The lowest BCUT2D eigenvalue weighted by molar-refractivity contribution is 0.600. The van der Waals surface area contributed by atoms with Crippen molar-refractivity contribution < 1.29 is 4.55 Å². The van der Waals surface area contributed by atoms with Crippen LogP contribution in [0.1, 0.15) is 0 Å². The maximum Gasteiger partial charge on any atom is 0.302 e. The number of hydrogen-bond donors (Lipinski definition) is 0. The molecule has 0 N–H and O–H groups in total. The number of aromatic nitrogens is 1. The third-order valence-corrected chi connectivity index (χ3v) is 4.46. The van der Waals surface area contributed by atoms with E-state index in [1.807, 2.05) is 18.2 Å². The van der Waals surface area contributed by atoms with Gasteiger partial charge in [-0.25, -0.2) is 0 Å². The Hall–Kier alpha value is -0.290. The minimum atomic E-state index is -1.02. The summed E-state index contributed by atoms with van der Waals surface area (Å²) in [6.07, 6.45) is 1.62. The van der Waals surface area contributed by atoms with E-state index in [1.165, 1.54) is 11.3 Å². The summed E-state index contributed by atoms with van der Waals surface area (Å²) < 4.78 is 12.7. The van der Waals surface area contributed by atoms with Gasteiger partial charge in [-0.1, -0.05) is 29.0 Å². The summed E-state index contributed by atoms with van der Waals surface area (Å²) in [6, 6.07) is 5.52. The molecule has 2 rings (SSSR count). The Bertz CT molecular complexity index is 441. The molecule has 68 valence electrons. The van der Waals surface area contributed by atoms with Crippen molar-refractivity contribution in [2.75, 3.05) is 6.26 Å². The lowest BCUT2D eigenvalue weighted by Gasteiger charge is -1.95. The number of thiazole rings is 1. The molecular weight excluding hydrogens is 226 g/mol. The average Bonchev–Trinajstić information content (AvgIpc) is 2.49. The van der Waals surface area contributed by atoms with Crippen LogP contribution in [0.25, 0.3) is 10.2 Å². The van der Waals surface area contributed by atoms with Gasteiger partial charge in [-0.3, -0.25) is 0 Å². The summed E-state index contributed by atoms with van der Waals surface area (Å²) in [5.41, 5.74) is 0.822. The molecule has 1 aromatic carbocycles. The lowest BCUT2D eigenvalue weighted by Crippen LogP contribution is -1.94. The van der Waals surface area contributed by atoms with Gasteiger partial charge in [0.1, 0.15) is 6.26 Å². The summed E-state index contributed by atoms with van der Waals surface area (Å²) in [4.78, 5) is 4.21. The van der Waals surface area contributed by atoms with Crippen LogP contribution in [0.2, 0.25) is 5.02 Å². The highest BCUT2D eigenvalue weighted by molar-refractivity contribution is 7.92. The molecule has 0 aliphatic heterocycles. The van der Waals surface area contributed by atoms with Crippen LogP contribution < -0.4 is 0 Å². The van der Waals surface area contributed by atoms with Gasteiger partial charge in [0.25, 0.3) is 0 Å². The number of rotatable bonds is 1.